The Labute approximate surface area is 181 Å². The molecule has 31 heavy (non-hydrogen) atoms. The number of benzene rings is 1. The second-order valence-electron chi connectivity index (χ2n) is 8.75. The van der Waals surface area contributed by atoms with E-state index in [9.17, 15) is 19.2 Å². The lowest BCUT2D eigenvalue weighted by Crippen LogP contribution is -2.44. The number of ether oxygens (including phenoxy) is 1. The number of ketones is 1. The predicted molar refractivity (Wildman–Crippen MR) is 116 cm³/mol. The van der Waals surface area contributed by atoms with Gasteiger partial charge in [0.25, 0.3) is 5.91 Å². The van der Waals surface area contributed by atoms with E-state index in [0.717, 1.165) is 22.2 Å². The van der Waals surface area contributed by atoms with Crippen LogP contribution in [0.15, 0.2) is 24.3 Å². The van der Waals surface area contributed by atoms with E-state index in [4.69, 9.17) is 4.74 Å². The zero-order chi connectivity index (χ0) is 22.9. The molecule has 8 nitrogen and oxygen atoms in total. The van der Waals surface area contributed by atoms with Gasteiger partial charge in [-0.25, -0.2) is 4.79 Å². The fraction of sp³-hybridized carbons (Fsp3) is 0.478. The number of fused-ring (bicyclic) bond motifs is 1. The average Bonchev–Trinajstić information content (AvgIpc) is 3.14. The van der Waals surface area contributed by atoms with Crippen molar-refractivity contribution in [3.8, 4) is 0 Å². The molecule has 0 unspecified atom stereocenters. The smallest absolute Gasteiger partial charge is 0.326 e. The van der Waals surface area contributed by atoms with Crippen LogP contribution in [0.25, 0.3) is 10.9 Å². The van der Waals surface area contributed by atoms with Crippen LogP contribution in [0.2, 0.25) is 0 Å². The van der Waals surface area contributed by atoms with Crippen LogP contribution in [0.5, 0.6) is 0 Å². The third-order valence-electron chi connectivity index (χ3n) is 5.67. The van der Waals surface area contributed by atoms with Gasteiger partial charge in [-0.3, -0.25) is 19.3 Å². The van der Waals surface area contributed by atoms with Gasteiger partial charge in [-0.1, -0.05) is 32.0 Å². The van der Waals surface area contributed by atoms with E-state index >= 15 is 0 Å². The number of carbonyl (C=O) groups is 4. The summed E-state index contributed by atoms with van der Waals surface area (Å²) in [6, 6.07) is 6.76. The molecule has 0 spiro atoms. The van der Waals surface area contributed by atoms with Crippen molar-refractivity contribution in [1.82, 2.24) is 15.2 Å². The van der Waals surface area contributed by atoms with Gasteiger partial charge in [0.2, 0.25) is 5.78 Å². The van der Waals surface area contributed by atoms with Crippen LogP contribution in [0.1, 0.15) is 56.6 Å². The highest BCUT2D eigenvalue weighted by atomic mass is 16.5. The number of carbonyl (C=O) groups excluding carboxylic acids is 4. The summed E-state index contributed by atoms with van der Waals surface area (Å²) < 4.78 is 5.29. The first kappa shape index (κ1) is 22.5. The van der Waals surface area contributed by atoms with Crippen LogP contribution in [0.4, 0.5) is 4.79 Å². The van der Waals surface area contributed by atoms with E-state index in [0.29, 0.717) is 23.6 Å². The Bertz CT molecular complexity index is 1040. The minimum atomic E-state index is -1.06. The molecule has 1 aromatic heterocycles. The first-order valence-corrected chi connectivity index (χ1v) is 10.5. The van der Waals surface area contributed by atoms with Gasteiger partial charge in [0.05, 0.1) is 0 Å². The number of rotatable bonds is 8. The van der Waals surface area contributed by atoms with E-state index in [2.05, 4.69) is 10.3 Å². The Morgan fingerprint density at radius 3 is 2.52 bits per heavy atom. The number of aryl methyl sites for hydroxylation is 1. The largest absolute Gasteiger partial charge is 0.453 e. The molecule has 1 fully saturated rings. The number of H-pyrrole nitrogens is 1. The van der Waals surface area contributed by atoms with Gasteiger partial charge in [-0.05, 0) is 45.6 Å². The first-order valence-electron chi connectivity index (χ1n) is 10.5. The number of hydrogen-bond donors (Lipinski definition) is 2. The van der Waals surface area contributed by atoms with Gasteiger partial charge < -0.3 is 15.0 Å². The summed E-state index contributed by atoms with van der Waals surface area (Å²) in [6.45, 7) is 8.47. The zero-order valence-electron chi connectivity index (χ0n) is 18.6. The molecule has 2 aromatic rings. The Morgan fingerprint density at radius 2 is 1.84 bits per heavy atom. The summed E-state index contributed by atoms with van der Waals surface area (Å²) in [5, 5.41) is 3.43. The van der Waals surface area contributed by atoms with Gasteiger partial charge in [0.1, 0.15) is 12.1 Å². The van der Waals surface area contributed by atoms with E-state index < -0.39 is 36.1 Å². The molecule has 1 aliphatic heterocycles. The molecule has 0 radical (unpaired) electrons. The lowest BCUT2D eigenvalue weighted by Gasteiger charge is -2.22. The number of aromatic amines is 1. The Kier molecular flexibility index (Phi) is 6.20. The van der Waals surface area contributed by atoms with Crippen molar-refractivity contribution in [2.24, 2.45) is 5.92 Å². The second-order valence-corrected chi connectivity index (χ2v) is 8.75. The summed E-state index contributed by atoms with van der Waals surface area (Å²) in [5.41, 5.74) is 0.933. The normalized spacial score (nSPS) is 19.7. The molecular formula is C23H29N3O5. The summed E-state index contributed by atoms with van der Waals surface area (Å²) >= 11 is 0. The molecule has 1 saturated heterocycles. The van der Waals surface area contributed by atoms with E-state index in [1.807, 2.05) is 38.1 Å². The van der Waals surface area contributed by atoms with Gasteiger partial charge >= 0.3 is 12.0 Å². The quantitative estimate of drug-likeness (QED) is 0.382. The number of nitrogens with one attached hydrogen (secondary N) is 2. The second kappa shape index (κ2) is 8.53. The third-order valence-corrected chi connectivity index (χ3v) is 5.67. The molecule has 1 aliphatic rings. The van der Waals surface area contributed by atoms with Gasteiger partial charge in [-0.15, -0.1) is 0 Å². The van der Waals surface area contributed by atoms with Crippen molar-refractivity contribution >= 4 is 34.6 Å². The van der Waals surface area contributed by atoms with Crippen LogP contribution in [0.3, 0.4) is 0 Å². The first-order chi connectivity index (χ1) is 14.5. The summed E-state index contributed by atoms with van der Waals surface area (Å²) in [4.78, 5) is 54.4. The van der Waals surface area contributed by atoms with Gasteiger partial charge in [-0.2, -0.15) is 0 Å². The summed E-state index contributed by atoms with van der Waals surface area (Å²) in [5.74, 6) is -1.24. The van der Waals surface area contributed by atoms with Crippen LogP contribution >= 0.6 is 0 Å². The maximum absolute atomic E-state index is 12.9. The number of amides is 3. The molecule has 2 N–H and O–H groups in total. The van der Waals surface area contributed by atoms with Crippen LogP contribution in [0, 0.1) is 12.8 Å². The fourth-order valence-corrected chi connectivity index (χ4v) is 3.85. The highest BCUT2D eigenvalue weighted by molar-refractivity contribution is 6.12. The standard InChI is InChI=1S/C23H29N3O5/c1-13(2)10-11-23(5)21(29)26(22(30)25-23)12-18(27)31-15(4)20(28)19-14(3)24-17-9-7-6-8-16(17)19/h6-9,13,15,24H,10-12H2,1-5H3,(H,25,30)/t15-,23-/m0/s1. The van der Waals surface area contributed by atoms with Crippen molar-refractivity contribution < 1.29 is 23.9 Å². The molecular weight excluding hydrogens is 398 g/mol. The van der Waals surface area contributed by atoms with Crippen molar-refractivity contribution in [2.45, 2.75) is 59.1 Å². The number of aromatic nitrogens is 1. The van der Waals surface area contributed by atoms with Crippen LogP contribution in [-0.2, 0) is 14.3 Å². The van der Waals surface area contributed by atoms with Gasteiger partial charge in [0.15, 0.2) is 6.10 Å². The molecule has 0 bridgehead atoms. The van der Waals surface area contributed by atoms with Crippen LogP contribution < -0.4 is 5.32 Å². The fourth-order valence-electron chi connectivity index (χ4n) is 3.85. The number of urea groups is 1. The molecule has 8 heteroatoms. The number of imide groups is 1. The number of para-hydroxylation sites is 1. The van der Waals surface area contributed by atoms with E-state index in [1.165, 1.54) is 6.92 Å². The zero-order valence-corrected chi connectivity index (χ0v) is 18.6. The Hall–Kier alpha value is -3.16. The average molecular weight is 428 g/mol. The number of hydrogen-bond acceptors (Lipinski definition) is 5. The molecule has 3 amide bonds. The molecule has 0 saturated carbocycles. The SMILES string of the molecule is Cc1[nH]c2ccccc2c1C(=O)[C@H](C)OC(=O)CN1C(=O)N[C@@](C)(CCC(C)C)C1=O. The lowest BCUT2D eigenvalue weighted by molar-refractivity contribution is -0.149. The highest BCUT2D eigenvalue weighted by Crippen LogP contribution is 2.26. The number of nitrogens with zero attached hydrogens (tertiary/aromatic N) is 1. The monoisotopic (exact) mass is 427 g/mol. The van der Waals surface area contributed by atoms with Gasteiger partial charge in [0, 0.05) is 22.2 Å². The molecule has 1 aromatic carbocycles. The molecule has 2 atom stereocenters. The lowest BCUT2D eigenvalue weighted by atomic mass is 9.92. The maximum atomic E-state index is 12.9. The Balaban J connectivity index is 1.66. The van der Waals surface area contributed by atoms with Crippen LogP contribution in [-0.4, -0.2) is 51.8 Å². The third kappa shape index (κ3) is 4.47. The molecule has 3 rings (SSSR count). The van der Waals surface area contributed by atoms with Crippen molar-refractivity contribution in [1.29, 1.82) is 0 Å². The molecule has 166 valence electrons. The van der Waals surface area contributed by atoms with Crippen molar-refractivity contribution in [2.75, 3.05) is 6.54 Å². The number of esters is 1. The topological polar surface area (TPSA) is 109 Å². The van der Waals surface area contributed by atoms with Crippen molar-refractivity contribution in [3.05, 3.63) is 35.5 Å². The minimum Gasteiger partial charge on any atom is -0.453 e. The summed E-state index contributed by atoms with van der Waals surface area (Å²) in [7, 11) is 0. The number of Topliss-reactive ketones (excluding diaryl/α,β-unsaturated/α-hetero) is 1. The summed E-state index contributed by atoms with van der Waals surface area (Å²) in [6.07, 6.45) is 0.185. The van der Waals surface area contributed by atoms with Crippen molar-refractivity contribution in [3.63, 3.8) is 0 Å². The predicted octanol–water partition coefficient (Wildman–Crippen LogP) is 3.34. The molecule has 2 heterocycles. The van der Waals surface area contributed by atoms with E-state index in [1.54, 1.807) is 13.8 Å². The minimum absolute atomic E-state index is 0.345. The molecule has 0 aliphatic carbocycles. The van der Waals surface area contributed by atoms with E-state index in [-0.39, 0.29) is 5.78 Å². The Morgan fingerprint density at radius 1 is 1.16 bits per heavy atom. The highest BCUT2D eigenvalue weighted by Gasteiger charge is 2.48. The maximum Gasteiger partial charge on any atom is 0.326 e.